The number of aromatic nitrogens is 1. The molecule has 5 nitrogen and oxygen atoms in total. The summed E-state index contributed by atoms with van der Waals surface area (Å²) < 4.78 is 40.6. The van der Waals surface area contributed by atoms with Gasteiger partial charge in [-0.25, -0.2) is 12.8 Å². The van der Waals surface area contributed by atoms with E-state index in [1.807, 2.05) is 0 Å². The summed E-state index contributed by atoms with van der Waals surface area (Å²) in [7, 11) is -1.59. The Morgan fingerprint density at radius 1 is 1.06 bits per heavy atom. The van der Waals surface area contributed by atoms with Crippen molar-refractivity contribution in [2.24, 2.45) is 12.0 Å². The van der Waals surface area contributed by atoms with Gasteiger partial charge in [0.1, 0.15) is 5.82 Å². The van der Waals surface area contributed by atoms with Crippen molar-refractivity contribution in [2.45, 2.75) is 19.2 Å². The first kappa shape index (κ1) is 21.5. The molecule has 31 heavy (non-hydrogen) atoms. The van der Waals surface area contributed by atoms with Gasteiger partial charge in [0.05, 0.1) is 18.0 Å². The first-order valence-electron chi connectivity index (χ1n) is 9.72. The van der Waals surface area contributed by atoms with Gasteiger partial charge in [-0.2, -0.15) is 0 Å². The lowest BCUT2D eigenvalue weighted by atomic mass is 9.91. The smallest absolute Gasteiger partial charge is 0.250 e. The Balaban J connectivity index is 1.98. The molecule has 8 heteroatoms. The van der Waals surface area contributed by atoms with Crippen LogP contribution in [0.25, 0.3) is 11.1 Å². The quantitative estimate of drug-likeness (QED) is 0.590. The van der Waals surface area contributed by atoms with E-state index < -0.39 is 15.7 Å². The van der Waals surface area contributed by atoms with E-state index in [4.69, 9.17) is 11.6 Å². The number of pyridine rings is 1. The minimum absolute atomic E-state index is 0.0396. The van der Waals surface area contributed by atoms with Crippen LogP contribution in [0.4, 0.5) is 4.39 Å². The van der Waals surface area contributed by atoms with E-state index in [0.717, 1.165) is 5.56 Å². The standard InChI is InChI=1S/C23H20ClFN2O3S/c1-3-31(29,30)13-14-4-6-17-19(8-14)20-12-27(2)22(28)9-15(20)11-26-23(17)18-7-5-16(24)10-21(18)25/h4-10,12H,3,11,13H2,1-2H3. The summed E-state index contributed by atoms with van der Waals surface area (Å²) in [5.41, 5.74) is 4.00. The van der Waals surface area contributed by atoms with Crippen LogP contribution in [0.2, 0.25) is 5.02 Å². The van der Waals surface area contributed by atoms with E-state index in [0.29, 0.717) is 33.5 Å². The Kier molecular flexibility index (Phi) is 5.58. The summed E-state index contributed by atoms with van der Waals surface area (Å²) in [6.07, 6.45) is 1.71. The predicted molar refractivity (Wildman–Crippen MR) is 121 cm³/mol. The Morgan fingerprint density at radius 3 is 2.52 bits per heavy atom. The van der Waals surface area contributed by atoms with E-state index in [1.165, 1.54) is 16.7 Å². The van der Waals surface area contributed by atoms with Gasteiger partial charge in [0.25, 0.3) is 5.56 Å². The third-order valence-corrected chi connectivity index (χ3v) is 7.25. The molecule has 1 aliphatic rings. The highest BCUT2D eigenvalue weighted by molar-refractivity contribution is 7.90. The second-order valence-corrected chi connectivity index (χ2v) is 10.3. The van der Waals surface area contributed by atoms with Crippen molar-refractivity contribution in [1.29, 1.82) is 0 Å². The second-order valence-electron chi connectivity index (χ2n) is 7.51. The van der Waals surface area contributed by atoms with E-state index >= 15 is 0 Å². The molecule has 2 heterocycles. The van der Waals surface area contributed by atoms with E-state index in [2.05, 4.69) is 4.99 Å². The summed E-state index contributed by atoms with van der Waals surface area (Å²) in [4.78, 5) is 16.8. The summed E-state index contributed by atoms with van der Waals surface area (Å²) >= 11 is 5.92. The van der Waals surface area contributed by atoms with Gasteiger partial charge in [-0.05, 0) is 41.0 Å². The fourth-order valence-electron chi connectivity index (χ4n) is 3.67. The normalized spacial score (nSPS) is 13.2. The lowest BCUT2D eigenvalue weighted by Gasteiger charge is -2.15. The lowest BCUT2D eigenvalue weighted by Crippen LogP contribution is -2.16. The fourth-order valence-corrected chi connectivity index (χ4v) is 4.72. The highest BCUT2D eigenvalue weighted by Crippen LogP contribution is 2.34. The van der Waals surface area contributed by atoms with E-state index in [9.17, 15) is 17.6 Å². The molecule has 0 saturated carbocycles. The molecule has 0 bridgehead atoms. The minimum Gasteiger partial charge on any atom is -0.318 e. The SMILES string of the molecule is CCS(=O)(=O)Cc1ccc2c(c1)-c1cn(C)c(=O)cc1CN=C2c1ccc(Cl)cc1F. The maximum atomic E-state index is 14.8. The molecule has 2 aromatic carbocycles. The van der Waals surface area contributed by atoms with Crippen LogP contribution in [0.3, 0.4) is 0 Å². The molecule has 3 aromatic rings. The lowest BCUT2D eigenvalue weighted by molar-refractivity contribution is 0.596. The van der Waals surface area contributed by atoms with E-state index in [1.54, 1.807) is 50.5 Å². The van der Waals surface area contributed by atoms with Crippen LogP contribution in [-0.2, 0) is 29.2 Å². The number of rotatable bonds is 4. The van der Waals surface area contributed by atoms with Gasteiger partial charge in [-0.1, -0.05) is 30.7 Å². The molecule has 0 amide bonds. The Labute approximate surface area is 184 Å². The van der Waals surface area contributed by atoms with Crippen LogP contribution in [0.5, 0.6) is 0 Å². The molecule has 160 valence electrons. The van der Waals surface area contributed by atoms with Crippen LogP contribution in [0.15, 0.2) is 58.4 Å². The molecule has 0 fully saturated rings. The van der Waals surface area contributed by atoms with Gasteiger partial charge >= 0.3 is 0 Å². The average molecular weight is 459 g/mol. The first-order chi connectivity index (χ1) is 14.7. The van der Waals surface area contributed by atoms with Gasteiger partial charge in [0, 0.05) is 46.8 Å². The maximum Gasteiger partial charge on any atom is 0.250 e. The van der Waals surface area contributed by atoms with Crippen molar-refractivity contribution in [2.75, 3.05) is 5.75 Å². The van der Waals surface area contributed by atoms with Gasteiger partial charge in [0.15, 0.2) is 9.84 Å². The molecule has 0 aliphatic carbocycles. The number of fused-ring (bicyclic) bond motifs is 3. The second kappa shape index (κ2) is 8.05. The number of halogens is 2. The van der Waals surface area contributed by atoms with Crippen molar-refractivity contribution in [1.82, 2.24) is 4.57 Å². The van der Waals surface area contributed by atoms with Crippen molar-refractivity contribution in [3.8, 4) is 11.1 Å². The van der Waals surface area contributed by atoms with Crippen LogP contribution in [-0.4, -0.2) is 24.4 Å². The van der Waals surface area contributed by atoms with Crippen LogP contribution < -0.4 is 5.56 Å². The largest absolute Gasteiger partial charge is 0.318 e. The van der Waals surface area contributed by atoms with Crippen molar-refractivity contribution in [3.05, 3.63) is 92.1 Å². The molecule has 1 aliphatic heterocycles. The third kappa shape index (κ3) is 4.20. The molecule has 0 unspecified atom stereocenters. The summed E-state index contributed by atoms with van der Waals surface area (Å²) in [6.45, 7) is 1.80. The molecule has 0 spiro atoms. The number of hydrogen-bond acceptors (Lipinski definition) is 4. The molecule has 0 N–H and O–H groups in total. The topological polar surface area (TPSA) is 68.5 Å². The summed E-state index contributed by atoms with van der Waals surface area (Å²) in [5.74, 6) is -0.562. The molecule has 1 aromatic heterocycles. The zero-order valence-corrected chi connectivity index (χ0v) is 18.6. The number of aryl methyl sites for hydroxylation is 1. The van der Waals surface area contributed by atoms with Crippen LogP contribution >= 0.6 is 11.6 Å². The maximum absolute atomic E-state index is 14.8. The van der Waals surface area contributed by atoms with E-state index in [-0.39, 0.29) is 28.6 Å². The molecule has 4 rings (SSSR count). The number of benzene rings is 2. The van der Waals surface area contributed by atoms with Gasteiger partial charge in [-0.3, -0.25) is 9.79 Å². The molecule has 0 atom stereocenters. The third-order valence-electron chi connectivity index (χ3n) is 5.36. The van der Waals surface area contributed by atoms with Crippen LogP contribution in [0.1, 0.15) is 29.2 Å². The zero-order chi connectivity index (χ0) is 22.3. The summed E-state index contributed by atoms with van der Waals surface area (Å²) in [6, 6.07) is 11.2. The van der Waals surface area contributed by atoms with Gasteiger partial charge in [0.2, 0.25) is 0 Å². The first-order valence-corrected chi connectivity index (χ1v) is 11.9. The van der Waals surface area contributed by atoms with Crippen LogP contribution in [0, 0.1) is 5.82 Å². The Hall–Kier alpha value is -2.77. The molecular weight excluding hydrogens is 439 g/mol. The van der Waals surface area contributed by atoms with Crippen molar-refractivity contribution >= 4 is 27.1 Å². The van der Waals surface area contributed by atoms with Gasteiger partial charge in [-0.15, -0.1) is 0 Å². The average Bonchev–Trinajstić information content (AvgIpc) is 2.85. The monoisotopic (exact) mass is 458 g/mol. The number of hydrogen-bond donors (Lipinski definition) is 0. The highest BCUT2D eigenvalue weighted by atomic mass is 35.5. The zero-order valence-electron chi connectivity index (χ0n) is 17.0. The van der Waals surface area contributed by atoms with Gasteiger partial charge < -0.3 is 4.57 Å². The Bertz CT molecular complexity index is 1390. The summed E-state index contributed by atoms with van der Waals surface area (Å²) in [5, 5.41) is 0.280. The fraction of sp³-hybridized carbons (Fsp3) is 0.217. The number of nitrogens with zero attached hydrogens (tertiary/aromatic N) is 2. The molecular formula is C23H20ClFN2O3S. The molecule has 0 radical (unpaired) electrons. The predicted octanol–water partition coefficient (Wildman–Crippen LogP) is 4.13. The Morgan fingerprint density at radius 2 is 1.81 bits per heavy atom. The minimum atomic E-state index is -3.24. The highest BCUT2D eigenvalue weighted by Gasteiger charge is 2.23. The number of aliphatic imine (C=N–C) groups is 1. The van der Waals surface area contributed by atoms with Crippen molar-refractivity contribution in [3.63, 3.8) is 0 Å². The molecule has 0 saturated heterocycles. The number of sulfone groups is 1. The van der Waals surface area contributed by atoms with Crippen molar-refractivity contribution < 1.29 is 12.8 Å².